The highest BCUT2D eigenvalue weighted by Crippen LogP contribution is 2.47. The zero-order valence-electron chi connectivity index (χ0n) is 9.41. The summed E-state index contributed by atoms with van der Waals surface area (Å²) in [7, 11) is 1.60. The fraction of sp³-hybridized carbons (Fsp3) is 0.385. The summed E-state index contributed by atoms with van der Waals surface area (Å²) in [6, 6.07) is 7.41. The number of carbonyl (C=O) groups is 1. The Morgan fingerprint density at radius 2 is 2.19 bits per heavy atom. The number of ether oxygens (including phenoxy) is 1. The summed E-state index contributed by atoms with van der Waals surface area (Å²) in [5.41, 5.74) is 0.792. The number of aryl methyl sites for hydroxylation is 1. The highest BCUT2D eigenvalue weighted by molar-refractivity contribution is 6.04. The molecule has 2 rings (SSSR count). The number of hydrogen-bond acceptors (Lipinski definition) is 3. The molecule has 0 aromatic heterocycles. The number of Topliss-reactive ketones (excluding diaryl/α,β-unsaturated/α-hetero) is 1. The normalized spacial score (nSPS) is 16.3. The molecule has 16 heavy (non-hydrogen) atoms. The topological polar surface area (TPSA) is 50.1 Å². The van der Waals surface area contributed by atoms with Gasteiger partial charge in [-0.2, -0.15) is 5.26 Å². The third kappa shape index (κ3) is 1.57. The Hall–Kier alpha value is -1.82. The number of methoxy groups -OCH3 is 1. The van der Waals surface area contributed by atoms with Crippen LogP contribution >= 0.6 is 0 Å². The van der Waals surface area contributed by atoms with Crippen LogP contribution in [0, 0.1) is 23.7 Å². The van der Waals surface area contributed by atoms with Gasteiger partial charge >= 0.3 is 0 Å². The number of ketones is 1. The Morgan fingerprint density at radius 1 is 1.50 bits per heavy atom. The van der Waals surface area contributed by atoms with Crippen LogP contribution in [-0.2, 0) is 0 Å². The fourth-order valence-corrected chi connectivity index (χ4v) is 1.81. The average molecular weight is 215 g/mol. The molecular formula is C13H13NO2. The molecule has 1 aromatic carbocycles. The number of benzene rings is 1. The van der Waals surface area contributed by atoms with Gasteiger partial charge in [-0.3, -0.25) is 4.79 Å². The molecule has 0 aliphatic heterocycles. The Bertz CT molecular complexity index is 481. The molecule has 1 fully saturated rings. The average Bonchev–Trinajstić information content (AvgIpc) is 3.09. The molecule has 0 N–H and O–H groups in total. The monoisotopic (exact) mass is 215 g/mol. The van der Waals surface area contributed by atoms with Crippen molar-refractivity contribution in [3.05, 3.63) is 29.3 Å². The van der Waals surface area contributed by atoms with Crippen molar-refractivity contribution in [2.75, 3.05) is 7.11 Å². The Labute approximate surface area is 94.6 Å². The smallest absolute Gasteiger partial charge is 0.183 e. The van der Waals surface area contributed by atoms with E-state index in [1.54, 1.807) is 25.3 Å². The predicted molar refractivity (Wildman–Crippen MR) is 59.3 cm³/mol. The van der Waals surface area contributed by atoms with Gasteiger partial charge in [0, 0.05) is 5.56 Å². The van der Waals surface area contributed by atoms with E-state index in [4.69, 9.17) is 10.00 Å². The van der Waals surface area contributed by atoms with E-state index in [-0.39, 0.29) is 5.78 Å². The lowest BCUT2D eigenvalue weighted by atomic mass is 9.95. The number of rotatable bonds is 3. The summed E-state index contributed by atoms with van der Waals surface area (Å²) in [6.07, 6.45) is 1.38. The third-order valence-electron chi connectivity index (χ3n) is 3.06. The Balaban J connectivity index is 2.33. The third-order valence-corrected chi connectivity index (χ3v) is 3.06. The van der Waals surface area contributed by atoms with E-state index in [0.29, 0.717) is 18.4 Å². The molecule has 82 valence electrons. The van der Waals surface area contributed by atoms with Crippen molar-refractivity contribution in [2.24, 2.45) is 5.41 Å². The van der Waals surface area contributed by atoms with Gasteiger partial charge in [-0.25, -0.2) is 0 Å². The minimum Gasteiger partial charge on any atom is -0.496 e. The number of hydrogen-bond donors (Lipinski definition) is 0. The van der Waals surface area contributed by atoms with E-state index < -0.39 is 5.41 Å². The van der Waals surface area contributed by atoms with Crippen molar-refractivity contribution in [1.29, 1.82) is 5.26 Å². The van der Waals surface area contributed by atoms with Crippen LogP contribution < -0.4 is 4.74 Å². The van der Waals surface area contributed by atoms with E-state index in [0.717, 1.165) is 11.3 Å². The predicted octanol–water partition coefficient (Wildman–Crippen LogP) is 2.49. The highest BCUT2D eigenvalue weighted by Gasteiger charge is 2.50. The van der Waals surface area contributed by atoms with Gasteiger partial charge in [0.2, 0.25) is 0 Å². The fourth-order valence-electron chi connectivity index (χ4n) is 1.81. The van der Waals surface area contributed by atoms with E-state index in [1.807, 2.05) is 6.92 Å². The van der Waals surface area contributed by atoms with Crippen molar-refractivity contribution in [3.63, 3.8) is 0 Å². The molecular weight excluding hydrogens is 202 g/mol. The summed E-state index contributed by atoms with van der Waals surface area (Å²) in [5, 5.41) is 8.96. The summed E-state index contributed by atoms with van der Waals surface area (Å²) >= 11 is 0. The van der Waals surface area contributed by atoms with Gasteiger partial charge in [0.1, 0.15) is 11.2 Å². The van der Waals surface area contributed by atoms with E-state index >= 15 is 0 Å². The molecule has 3 nitrogen and oxygen atoms in total. The van der Waals surface area contributed by atoms with E-state index in [1.165, 1.54) is 0 Å². The van der Waals surface area contributed by atoms with Crippen LogP contribution in [0.2, 0.25) is 0 Å². The molecule has 1 aliphatic rings. The van der Waals surface area contributed by atoms with Gasteiger partial charge < -0.3 is 4.74 Å². The molecule has 0 unspecified atom stereocenters. The summed E-state index contributed by atoms with van der Waals surface area (Å²) in [4.78, 5) is 12.0. The van der Waals surface area contributed by atoms with Crippen molar-refractivity contribution in [3.8, 4) is 11.8 Å². The van der Waals surface area contributed by atoms with Crippen LogP contribution in [0.25, 0.3) is 0 Å². The maximum Gasteiger partial charge on any atom is 0.183 e. The Morgan fingerprint density at radius 3 is 2.62 bits per heavy atom. The minimum atomic E-state index is -0.735. The lowest BCUT2D eigenvalue weighted by Crippen LogP contribution is -2.13. The number of carbonyl (C=O) groups excluding carboxylic acids is 1. The second kappa shape index (κ2) is 3.64. The van der Waals surface area contributed by atoms with Crippen LogP contribution in [0.4, 0.5) is 0 Å². The minimum absolute atomic E-state index is 0.0549. The van der Waals surface area contributed by atoms with Gasteiger partial charge in [-0.1, -0.05) is 0 Å². The second-order valence-electron chi connectivity index (χ2n) is 4.21. The van der Waals surface area contributed by atoms with Crippen LogP contribution in [0.15, 0.2) is 18.2 Å². The quantitative estimate of drug-likeness (QED) is 0.728. The first-order valence-corrected chi connectivity index (χ1v) is 5.24. The molecule has 0 bridgehead atoms. The van der Waals surface area contributed by atoms with Crippen molar-refractivity contribution in [2.45, 2.75) is 19.8 Å². The first-order chi connectivity index (χ1) is 7.63. The molecule has 0 spiro atoms. The molecule has 0 radical (unpaired) electrons. The van der Waals surface area contributed by atoms with Crippen LogP contribution in [-0.4, -0.2) is 12.9 Å². The van der Waals surface area contributed by atoms with Crippen LogP contribution in [0.3, 0.4) is 0 Å². The summed E-state index contributed by atoms with van der Waals surface area (Å²) in [5.74, 6) is 0.708. The molecule has 1 aliphatic carbocycles. The SMILES string of the molecule is COc1ccc(C(=O)C2(C#N)CC2)cc1C. The van der Waals surface area contributed by atoms with Gasteiger partial charge in [0.15, 0.2) is 5.78 Å². The molecule has 3 heteroatoms. The van der Waals surface area contributed by atoms with E-state index in [9.17, 15) is 4.79 Å². The first kappa shape index (κ1) is 10.7. The first-order valence-electron chi connectivity index (χ1n) is 5.24. The molecule has 1 aromatic rings. The lowest BCUT2D eigenvalue weighted by molar-refractivity contribution is 0.0934. The van der Waals surface area contributed by atoms with Gasteiger partial charge in [-0.15, -0.1) is 0 Å². The zero-order valence-corrected chi connectivity index (χ0v) is 9.41. The number of nitrogens with zero attached hydrogens (tertiary/aromatic N) is 1. The largest absolute Gasteiger partial charge is 0.496 e. The van der Waals surface area contributed by atoms with Gasteiger partial charge in [0.25, 0.3) is 0 Å². The standard InChI is InChI=1S/C13H13NO2/c1-9-7-10(3-4-11(9)16-2)12(15)13(8-14)5-6-13/h3-4,7H,5-6H2,1-2H3. The lowest BCUT2D eigenvalue weighted by Gasteiger charge is -2.08. The van der Waals surface area contributed by atoms with Crippen LogP contribution in [0.1, 0.15) is 28.8 Å². The molecule has 0 saturated heterocycles. The maximum atomic E-state index is 12.0. The van der Waals surface area contributed by atoms with Crippen molar-refractivity contribution < 1.29 is 9.53 Å². The van der Waals surface area contributed by atoms with Crippen molar-refractivity contribution >= 4 is 5.78 Å². The molecule has 0 heterocycles. The highest BCUT2D eigenvalue weighted by atomic mass is 16.5. The molecule has 1 saturated carbocycles. The van der Waals surface area contributed by atoms with Gasteiger partial charge in [0.05, 0.1) is 13.2 Å². The van der Waals surface area contributed by atoms with Crippen LogP contribution in [0.5, 0.6) is 5.75 Å². The number of nitriles is 1. The van der Waals surface area contributed by atoms with Crippen molar-refractivity contribution in [1.82, 2.24) is 0 Å². The Kier molecular flexibility index (Phi) is 2.43. The second-order valence-corrected chi connectivity index (χ2v) is 4.21. The summed E-state index contributed by atoms with van der Waals surface area (Å²) < 4.78 is 5.13. The maximum absolute atomic E-state index is 12.0. The zero-order chi connectivity index (χ0) is 11.8. The molecule has 0 atom stereocenters. The molecule has 0 amide bonds. The summed E-state index contributed by atoms with van der Waals surface area (Å²) in [6.45, 7) is 1.89. The van der Waals surface area contributed by atoms with E-state index in [2.05, 4.69) is 6.07 Å². The van der Waals surface area contributed by atoms with Gasteiger partial charge in [-0.05, 0) is 43.5 Å².